The molecule has 0 radical (unpaired) electrons. The van der Waals surface area contributed by atoms with Gasteiger partial charge in [0.05, 0.1) is 0 Å². The Bertz CT molecular complexity index is 1050. The molecule has 4 aromatic rings. The molecule has 154 valence electrons. The zero-order valence-corrected chi connectivity index (χ0v) is 18.0. The number of hydrogen-bond donors (Lipinski definition) is 0. The van der Waals surface area contributed by atoms with E-state index >= 15 is 0 Å². The van der Waals surface area contributed by atoms with Gasteiger partial charge in [-0.25, -0.2) is 0 Å². The van der Waals surface area contributed by atoms with Gasteiger partial charge in [-0.1, -0.05) is 84.9 Å². The second kappa shape index (κ2) is 10.6. The van der Waals surface area contributed by atoms with E-state index in [4.69, 9.17) is 9.47 Å². The minimum Gasteiger partial charge on any atom is -0.489 e. The van der Waals surface area contributed by atoms with Crippen LogP contribution in [0.3, 0.4) is 0 Å². The molecular weight excluding hydrogens is 403 g/mol. The summed E-state index contributed by atoms with van der Waals surface area (Å²) in [6.45, 7) is 0.646. The molecule has 0 saturated carbocycles. The van der Waals surface area contributed by atoms with E-state index in [-0.39, 0.29) is 14.1 Å². The van der Waals surface area contributed by atoms with Crippen LogP contribution in [0.15, 0.2) is 109 Å². The zero-order chi connectivity index (χ0) is 21.3. The molecule has 0 amide bonds. The van der Waals surface area contributed by atoms with E-state index in [9.17, 15) is 4.79 Å². The maximum Gasteiger partial charge on any atom is 0.186 e. The van der Waals surface area contributed by atoms with Crippen molar-refractivity contribution in [3.05, 3.63) is 126 Å². The number of hydrogen-bond acceptors (Lipinski definition) is 3. The summed E-state index contributed by atoms with van der Waals surface area (Å²) in [5, 5.41) is 1.02. The molecule has 0 aliphatic carbocycles. The number of benzene rings is 4. The topological polar surface area (TPSA) is 35.5 Å². The minimum absolute atomic E-state index is 0.0404. The van der Waals surface area contributed by atoms with Gasteiger partial charge in [-0.15, -0.1) is 0 Å². The lowest BCUT2D eigenvalue weighted by Crippen LogP contribution is -2.11. The number of rotatable bonds is 9. The molecule has 0 fully saturated rings. The summed E-state index contributed by atoms with van der Waals surface area (Å²) in [7, 11) is 0.0404. The van der Waals surface area contributed by atoms with Crippen molar-refractivity contribution < 1.29 is 14.3 Å². The van der Waals surface area contributed by atoms with Crippen molar-refractivity contribution in [1.82, 2.24) is 0 Å². The summed E-state index contributed by atoms with van der Waals surface area (Å²) in [5.74, 6) is 1.55. The van der Waals surface area contributed by atoms with Crippen LogP contribution in [-0.4, -0.2) is 5.52 Å². The van der Waals surface area contributed by atoms with Crippen LogP contribution in [0, 0.1) is 0 Å². The monoisotopic (exact) mass is 426 g/mol. The first-order valence-electron chi connectivity index (χ1n) is 10.1. The van der Waals surface area contributed by atoms with Gasteiger partial charge in [0.1, 0.15) is 24.7 Å². The highest BCUT2D eigenvalue weighted by Gasteiger charge is 2.18. The fourth-order valence-corrected chi connectivity index (χ4v) is 4.32. The highest BCUT2D eigenvalue weighted by atomic mass is 31.1. The third-order valence-electron chi connectivity index (χ3n) is 4.77. The van der Waals surface area contributed by atoms with Crippen molar-refractivity contribution in [2.45, 2.75) is 13.2 Å². The Kier molecular flexibility index (Phi) is 7.10. The lowest BCUT2D eigenvalue weighted by Gasteiger charge is -2.16. The fraction of sp³-hybridized carbons (Fsp3) is 0.0741. The quantitative estimate of drug-likeness (QED) is 0.309. The van der Waals surface area contributed by atoms with Crippen LogP contribution in [0.5, 0.6) is 11.5 Å². The molecule has 4 heteroatoms. The van der Waals surface area contributed by atoms with Gasteiger partial charge in [0, 0.05) is 16.7 Å². The Hall–Kier alpha value is -3.42. The first kappa shape index (κ1) is 20.8. The Morgan fingerprint density at radius 2 is 1.03 bits per heavy atom. The van der Waals surface area contributed by atoms with Crippen LogP contribution in [0.25, 0.3) is 0 Å². The van der Waals surface area contributed by atoms with Crippen LogP contribution in [0.2, 0.25) is 0 Å². The average molecular weight is 426 g/mol. The number of carbonyl (C=O) groups excluding carboxylic acids is 1. The highest BCUT2D eigenvalue weighted by molar-refractivity contribution is 7.66. The molecule has 4 rings (SSSR count). The Balaban J connectivity index is 1.60. The molecule has 1 atom stereocenters. The van der Waals surface area contributed by atoms with E-state index in [0.717, 1.165) is 27.9 Å². The van der Waals surface area contributed by atoms with Crippen LogP contribution >= 0.6 is 8.58 Å². The van der Waals surface area contributed by atoms with Crippen LogP contribution in [0.4, 0.5) is 0 Å². The van der Waals surface area contributed by atoms with Crippen molar-refractivity contribution in [2.24, 2.45) is 0 Å². The first-order chi connectivity index (χ1) is 15.3. The van der Waals surface area contributed by atoms with E-state index in [1.807, 2.05) is 109 Å². The van der Waals surface area contributed by atoms with E-state index in [1.54, 1.807) is 0 Å². The summed E-state index contributed by atoms with van der Waals surface area (Å²) in [4.78, 5) is 13.4. The Labute approximate surface area is 184 Å². The lowest BCUT2D eigenvalue weighted by molar-refractivity contribution is 0.108. The standard InChI is InChI=1S/C27H23O3P/c28-27(31-25-17-8-3-9-18-25)26-21(19-29-23-13-4-1-5-14-23)11-10-12-22(26)20-30-24-15-6-2-7-16-24/h1-18,31H,19-20H2. The molecule has 0 aromatic heterocycles. The van der Waals surface area contributed by atoms with E-state index in [0.29, 0.717) is 18.8 Å². The fourth-order valence-electron chi connectivity index (χ4n) is 3.26. The Morgan fingerprint density at radius 3 is 1.52 bits per heavy atom. The molecular formula is C27H23O3P. The summed E-state index contributed by atoms with van der Waals surface area (Å²) in [6, 6.07) is 35.0. The molecule has 0 heterocycles. The van der Waals surface area contributed by atoms with Crippen LogP contribution in [-0.2, 0) is 13.2 Å². The van der Waals surface area contributed by atoms with Gasteiger partial charge in [-0.3, -0.25) is 4.79 Å². The molecule has 31 heavy (non-hydrogen) atoms. The summed E-state index contributed by atoms with van der Waals surface area (Å²) in [6.07, 6.45) is 0. The number of carbonyl (C=O) groups is 1. The Morgan fingerprint density at radius 1 is 0.581 bits per heavy atom. The lowest BCUT2D eigenvalue weighted by atomic mass is 10.0. The number of ether oxygens (including phenoxy) is 2. The number of para-hydroxylation sites is 2. The first-order valence-corrected chi connectivity index (χ1v) is 11.1. The van der Waals surface area contributed by atoms with Crippen LogP contribution < -0.4 is 14.8 Å². The molecule has 0 saturated heterocycles. The average Bonchev–Trinajstić information content (AvgIpc) is 2.83. The molecule has 0 bridgehead atoms. The van der Waals surface area contributed by atoms with Gasteiger partial charge < -0.3 is 9.47 Å². The molecule has 0 N–H and O–H groups in total. The SMILES string of the molecule is O=C(Pc1ccccc1)c1c(COc2ccccc2)cccc1COc1ccccc1. The largest absolute Gasteiger partial charge is 0.489 e. The summed E-state index contributed by atoms with van der Waals surface area (Å²) < 4.78 is 11.9. The van der Waals surface area contributed by atoms with Crippen molar-refractivity contribution in [2.75, 3.05) is 0 Å². The molecule has 0 spiro atoms. The molecule has 0 aliphatic rings. The van der Waals surface area contributed by atoms with Crippen molar-refractivity contribution in [1.29, 1.82) is 0 Å². The highest BCUT2D eigenvalue weighted by Crippen LogP contribution is 2.27. The summed E-state index contributed by atoms with van der Waals surface area (Å²) in [5.41, 5.74) is 2.51. The van der Waals surface area contributed by atoms with Crippen molar-refractivity contribution in [3.8, 4) is 11.5 Å². The molecule has 3 nitrogen and oxygen atoms in total. The van der Waals surface area contributed by atoms with Gasteiger partial charge in [-0.05, 0) is 38.2 Å². The second-order valence-corrected chi connectivity index (χ2v) is 8.26. The summed E-state index contributed by atoms with van der Waals surface area (Å²) >= 11 is 0. The van der Waals surface area contributed by atoms with Crippen LogP contribution in [0.1, 0.15) is 21.5 Å². The third kappa shape index (κ3) is 5.81. The molecule has 4 aromatic carbocycles. The predicted octanol–water partition coefficient (Wildman–Crippen LogP) is 5.99. The van der Waals surface area contributed by atoms with Gasteiger partial charge >= 0.3 is 0 Å². The molecule has 1 unspecified atom stereocenters. The van der Waals surface area contributed by atoms with Gasteiger partial charge in [-0.2, -0.15) is 0 Å². The van der Waals surface area contributed by atoms with E-state index in [1.165, 1.54) is 0 Å². The second-order valence-electron chi connectivity index (χ2n) is 6.97. The van der Waals surface area contributed by atoms with Gasteiger partial charge in [0.25, 0.3) is 0 Å². The van der Waals surface area contributed by atoms with Crippen molar-refractivity contribution >= 4 is 19.4 Å². The van der Waals surface area contributed by atoms with E-state index < -0.39 is 0 Å². The maximum atomic E-state index is 13.4. The smallest absolute Gasteiger partial charge is 0.186 e. The minimum atomic E-state index is 0.0404. The van der Waals surface area contributed by atoms with Gasteiger partial charge in [0.2, 0.25) is 0 Å². The van der Waals surface area contributed by atoms with Gasteiger partial charge in [0.15, 0.2) is 5.52 Å². The third-order valence-corrected chi connectivity index (χ3v) is 5.87. The zero-order valence-electron chi connectivity index (χ0n) is 17.0. The molecule has 0 aliphatic heterocycles. The predicted molar refractivity (Wildman–Crippen MR) is 127 cm³/mol. The maximum absolute atomic E-state index is 13.4. The normalized spacial score (nSPS) is 10.8. The van der Waals surface area contributed by atoms with E-state index in [2.05, 4.69) is 0 Å². The van der Waals surface area contributed by atoms with Crippen molar-refractivity contribution in [3.63, 3.8) is 0 Å².